The second-order valence-electron chi connectivity index (χ2n) is 7.98. The van der Waals surface area contributed by atoms with Gasteiger partial charge in [-0.15, -0.1) is 0 Å². The van der Waals surface area contributed by atoms with E-state index in [1.54, 1.807) is 24.3 Å². The van der Waals surface area contributed by atoms with Crippen molar-refractivity contribution in [1.82, 2.24) is 5.32 Å². The van der Waals surface area contributed by atoms with Crippen LogP contribution in [0.3, 0.4) is 0 Å². The number of hydrogen-bond donors (Lipinski definition) is 1. The number of benzene rings is 3. The maximum absolute atomic E-state index is 13.3. The van der Waals surface area contributed by atoms with Gasteiger partial charge in [-0.2, -0.15) is 8.42 Å². The molecule has 0 spiro atoms. The van der Waals surface area contributed by atoms with Crippen molar-refractivity contribution in [2.24, 2.45) is 0 Å². The molecule has 0 aliphatic carbocycles. The normalized spacial score (nSPS) is 14.6. The van der Waals surface area contributed by atoms with Crippen LogP contribution in [0.15, 0.2) is 75.6 Å². The van der Waals surface area contributed by atoms with Crippen molar-refractivity contribution in [2.45, 2.75) is 4.90 Å². The van der Waals surface area contributed by atoms with Crippen LogP contribution in [0.1, 0.15) is 5.56 Å². The number of nitrogens with one attached hydrogen (secondary N) is 1. The quantitative estimate of drug-likeness (QED) is 0.0948. The number of hydrogen-bond acceptors (Lipinski definition) is 10. The Hall–Kier alpha value is -4.34. The van der Waals surface area contributed by atoms with Gasteiger partial charge in [0, 0.05) is 12.1 Å². The molecule has 1 N–H and O–H groups in total. The SMILES string of the molecule is COc1ccc(N2C(=O)/C(=C\c3cc(Br)c(OS(=O)(=O)c4cccc([N+](=O)[O-])c4)c(OC)c3)C(=O)NC2=S)cc1. The zero-order valence-electron chi connectivity index (χ0n) is 20.6. The van der Waals surface area contributed by atoms with Gasteiger partial charge in [-0.25, -0.2) is 0 Å². The smallest absolute Gasteiger partial charge is 0.339 e. The fourth-order valence-electron chi connectivity index (χ4n) is 3.60. The Labute approximate surface area is 241 Å². The number of thiocarbonyl (C=S) groups is 1. The minimum absolute atomic E-state index is 0.0681. The maximum Gasteiger partial charge on any atom is 0.339 e. The van der Waals surface area contributed by atoms with E-state index in [1.165, 1.54) is 38.5 Å². The van der Waals surface area contributed by atoms with Crippen LogP contribution in [-0.4, -0.2) is 44.5 Å². The molecule has 2 amide bonds. The van der Waals surface area contributed by atoms with E-state index in [0.717, 1.165) is 23.1 Å². The second-order valence-corrected chi connectivity index (χ2v) is 10.8. The molecule has 0 aromatic heterocycles. The van der Waals surface area contributed by atoms with E-state index in [4.69, 9.17) is 25.9 Å². The van der Waals surface area contributed by atoms with Crippen LogP contribution in [0.5, 0.6) is 17.2 Å². The predicted molar refractivity (Wildman–Crippen MR) is 151 cm³/mol. The number of halogens is 1. The highest BCUT2D eigenvalue weighted by molar-refractivity contribution is 9.10. The summed E-state index contributed by atoms with van der Waals surface area (Å²) < 4.78 is 41.5. The summed E-state index contributed by atoms with van der Waals surface area (Å²) in [5.74, 6) is -1.19. The Balaban J connectivity index is 1.69. The highest BCUT2D eigenvalue weighted by Gasteiger charge is 2.34. The zero-order chi connectivity index (χ0) is 29.2. The van der Waals surface area contributed by atoms with Gasteiger partial charge in [0.2, 0.25) is 0 Å². The van der Waals surface area contributed by atoms with Crippen LogP contribution in [0.2, 0.25) is 0 Å². The molecule has 206 valence electrons. The van der Waals surface area contributed by atoms with E-state index in [-0.39, 0.29) is 32.2 Å². The molecule has 15 heteroatoms. The zero-order valence-corrected chi connectivity index (χ0v) is 23.8. The van der Waals surface area contributed by atoms with Crippen molar-refractivity contribution in [1.29, 1.82) is 0 Å². The van der Waals surface area contributed by atoms with Gasteiger partial charge >= 0.3 is 10.1 Å². The Morgan fingerprint density at radius 2 is 1.75 bits per heavy atom. The lowest BCUT2D eigenvalue weighted by atomic mass is 10.1. The molecule has 3 aromatic rings. The standard InChI is InChI=1S/C25H18BrN3O9S2/c1-36-17-8-6-15(7-9-17)28-24(31)19(23(30)27-25(28)39)10-14-11-20(26)22(21(12-14)37-2)38-40(34,35)18-5-3-4-16(13-18)29(32)33/h3-13H,1-2H3,(H,27,30,39)/b19-10-. The summed E-state index contributed by atoms with van der Waals surface area (Å²) in [6.45, 7) is 0. The van der Waals surface area contributed by atoms with E-state index in [9.17, 15) is 28.1 Å². The first-order valence-electron chi connectivity index (χ1n) is 11.1. The van der Waals surface area contributed by atoms with Gasteiger partial charge in [0.25, 0.3) is 17.5 Å². The van der Waals surface area contributed by atoms with Crippen molar-refractivity contribution >= 4 is 72.6 Å². The molecule has 1 heterocycles. The summed E-state index contributed by atoms with van der Waals surface area (Å²) in [4.78, 5) is 37.0. The Bertz CT molecular complexity index is 1690. The van der Waals surface area contributed by atoms with Crippen molar-refractivity contribution < 1.29 is 36.6 Å². The second kappa shape index (κ2) is 11.4. The molecule has 1 aliphatic heterocycles. The molecule has 40 heavy (non-hydrogen) atoms. The number of nitro groups is 1. The minimum atomic E-state index is -4.51. The van der Waals surface area contributed by atoms with Gasteiger partial charge < -0.3 is 13.7 Å². The Kier molecular flexibility index (Phi) is 8.18. The molecular weight excluding hydrogens is 630 g/mol. The van der Waals surface area contributed by atoms with E-state index in [1.807, 2.05) is 0 Å². The van der Waals surface area contributed by atoms with Crippen LogP contribution >= 0.6 is 28.1 Å². The van der Waals surface area contributed by atoms with Gasteiger partial charge in [-0.05, 0) is 82.3 Å². The summed E-state index contributed by atoms with van der Waals surface area (Å²) in [5.41, 5.74) is -0.00656. The summed E-state index contributed by atoms with van der Waals surface area (Å²) >= 11 is 8.44. The lowest BCUT2D eigenvalue weighted by molar-refractivity contribution is -0.385. The average Bonchev–Trinajstić information content (AvgIpc) is 2.92. The van der Waals surface area contributed by atoms with E-state index < -0.39 is 37.4 Å². The van der Waals surface area contributed by atoms with Crippen molar-refractivity contribution in [3.8, 4) is 17.2 Å². The number of rotatable bonds is 8. The highest BCUT2D eigenvalue weighted by atomic mass is 79.9. The van der Waals surface area contributed by atoms with E-state index >= 15 is 0 Å². The van der Waals surface area contributed by atoms with Gasteiger partial charge in [0.1, 0.15) is 16.2 Å². The number of carbonyl (C=O) groups excluding carboxylic acids is 2. The molecule has 4 rings (SSSR count). The molecule has 1 aliphatic rings. The van der Waals surface area contributed by atoms with Gasteiger partial charge in [0.15, 0.2) is 16.6 Å². The molecule has 0 bridgehead atoms. The number of nitro benzene ring substituents is 1. The van der Waals surface area contributed by atoms with Gasteiger partial charge in [-0.3, -0.25) is 29.9 Å². The van der Waals surface area contributed by atoms with E-state index in [0.29, 0.717) is 11.4 Å². The Morgan fingerprint density at radius 3 is 2.38 bits per heavy atom. The molecular formula is C25H18BrN3O9S2. The summed E-state index contributed by atoms with van der Waals surface area (Å²) in [6, 6.07) is 13.6. The maximum atomic E-state index is 13.3. The first kappa shape index (κ1) is 28.7. The number of carbonyl (C=O) groups is 2. The fraction of sp³-hybridized carbons (Fsp3) is 0.0800. The summed E-state index contributed by atoms with van der Waals surface area (Å²) in [7, 11) is -1.75. The third-order valence-electron chi connectivity index (χ3n) is 5.51. The molecule has 1 saturated heterocycles. The van der Waals surface area contributed by atoms with Crippen molar-refractivity contribution in [3.63, 3.8) is 0 Å². The summed E-state index contributed by atoms with van der Waals surface area (Å²) in [5, 5.41) is 13.4. The van der Waals surface area contributed by atoms with E-state index in [2.05, 4.69) is 21.2 Å². The van der Waals surface area contributed by atoms with Crippen molar-refractivity contribution in [2.75, 3.05) is 19.1 Å². The molecule has 0 atom stereocenters. The number of anilines is 1. The lowest BCUT2D eigenvalue weighted by Crippen LogP contribution is -2.54. The van der Waals surface area contributed by atoms with Crippen LogP contribution in [0.4, 0.5) is 11.4 Å². The molecule has 1 fully saturated rings. The monoisotopic (exact) mass is 647 g/mol. The molecule has 3 aromatic carbocycles. The topological polar surface area (TPSA) is 154 Å². The number of nitrogens with zero attached hydrogens (tertiary/aromatic N) is 2. The first-order valence-corrected chi connectivity index (χ1v) is 13.7. The molecule has 0 radical (unpaired) electrons. The van der Waals surface area contributed by atoms with Crippen LogP contribution in [0.25, 0.3) is 6.08 Å². The van der Waals surface area contributed by atoms with Crippen LogP contribution in [0, 0.1) is 10.1 Å². The van der Waals surface area contributed by atoms with Crippen LogP contribution in [-0.2, 0) is 19.7 Å². The molecule has 0 saturated carbocycles. The third-order valence-corrected chi connectivity index (χ3v) is 7.60. The Morgan fingerprint density at radius 1 is 1.05 bits per heavy atom. The minimum Gasteiger partial charge on any atom is -0.497 e. The van der Waals surface area contributed by atoms with Gasteiger partial charge in [-0.1, -0.05) is 6.07 Å². The number of amides is 2. The highest BCUT2D eigenvalue weighted by Crippen LogP contribution is 2.39. The molecule has 12 nitrogen and oxygen atoms in total. The third kappa shape index (κ3) is 5.80. The first-order chi connectivity index (χ1) is 18.9. The van der Waals surface area contributed by atoms with Crippen molar-refractivity contribution in [3.05, 3.63) is 86.4 Å². The molecule has 0 unspecified atom stereocenters. The summed E-state index contributed by atoms with van der Waals surface area (Å²) in [6.07, 6.45) is 1.28. The predicted octanol–water partition coefficient (Wildman–Crippen LogP) is 3.97. The van der Waals surface area contributed by atoms with Crippen LogP contribution < -0.4 is 23.9 Å². The fourth-order valence-corrected chi connectivity index (χ4v) is 5.53. The largest absolute Gasteiger partial charge is 0.497 e. The number of methoxy groups -OCH3 is 2. The number of non-ortho nitro benzene ring substituents is 1. The van der Waals surface area contributed by atoms with Gasteiger partial charge in [0.05, 0.1) is 29.3 Å². The lowest BCUT2D eigenvalue weighted by Gasteiger charge is -2.29. The average molecular weight is 648 g/mol. The number of ether oxygens (including phenoxy) is 2.